The predicted octanol–water partition coefficient (Wildman–Crippen LogP) is -0.000600. The zero-order chi connectivity index (χ0) is 5.70. The summed E-state index contributed by atoms with van der Waals surface area (Å²) < 4.78 is 0. The predicted molar refractivity (Wildman–Crippen MR) is 27.2 cm³/mol. The van der Waals surface area contributed by atoms with Crippen molar-refractivity contribution in [2.75, 3.05) is 7.11 Å². The first-order chi connectivity index (χ1) is 3.27. The van der Waals surface area contributed by atoms with E-state index in [9.17, 15) is 0 Å². The molecule has 0 rings (SSSR count). The van der Waals surface area contributed by atoms with Crippen molar-refractivity contribution in [3.63, 3.8) is 0 Å². The van der Waals surface area contributed by atoms with Crippen LogP contribution in [0.2, 0.25) is 0 Å². The topological polar surface area (TPSA) is 41.8 Å². The van der Waals surface area contributed by atoms with E-state index in [1.54, 1.807) is 6.92 Å². The van der Waals surface area contributed by atoms with Crippen LogP contribution in [0.1, 0.15) is 6.92 Å². The van der Waals surface area contributed by atoms with Crippen molar-refractivity contribution in [2.24, 2.45) is 5.16 Å². The summed E-state index contributed by atoms with van der Waals surface area (Å²) >= 11 is 0. The third kappa shape index (κ3) is 5.43. The lowest BCUT2D eigenvalue weighted by atomic mass is 10.5. The molecule has 0 aliphatic rings. The van der Waals surface area contributed by atoms with Crippen LogP contribution in [0.3, 0.4) is 0 Å². The Balaban J connectivity index is 3.08. The van der Waals surface area contributed by atoms with Crippen molar-refractivity contribution in [3.05, 3.63) is 0 Å². The van der Waals surface area contributed by atoms with Gasteiger partial charge in [0, 0.05) is 0 Å². The minimum atomic E-state index is -0.514. The van der Waals surface area contributed by atoms with E-state index in [-0.39, 0.29) is 0 Å². The van der Waals surface area contributed by atoms with Crippen LogP contribution in [0.25, 0.3) is 0 Å². The molecule has 3 heteroatoms. The number of nitrogens with zero attached hydrogens (tertiary/aromatic N) is 1. The molecule has 0 aromatic heterocycles. The molecule has 0 radical (unpaired) electrons. The molecular formula is C4H9NO2. The number of aliphatic hydroxyl groups excluding tert-OH is 1. The highest BCUT2D eigenvalue weighted by atomic mass is 16.6. The lowest BCUT2D eigenvalue weighted by Gasteiger charge is -1.88. The van der Waals surface area contributed by atoms with Crippen molar-refractivity contribution < 1.29 is 9.94 Å². The van der Waals surface area contributed by atoms with E-state index in [1.165, 1.54) is 13.3 Å². The molecule has 0 bridgehead atoms. The molecule has 0 aromatic carbocycles. The summed E-state index contributed by atoms with van der Waals surface area (Å²) in [5.74, 6) is 0. The fraction of sp³-hybridized carbons (Fsp3) is 0.750. The number of aliphatic hydroxyl groups is 1. The molecular weight excluding hydrogens is 94.0 g/mol. The molecule has 0 amide bonds. The first-order valence-electron chi connectivity index (χ1n) is 2.02. The molecule has 42 valence electrons. The molecule has 0 saturated heterocycles. The summed E-state index contributed by atoms with van der Waals surface area (Å²) in [5, 5.41) is 11.8. The van der Waals surface area contributed by atoms with Gasteiger partial charge in [0.25, 0.3) is 0 Å². The van der Waals surface area contributed by atoms with Gasteiger partial charge in [-0.3, -0.25) is 0 Å². The summed E-state index contributed by atoms with van der Waals surface area (Å²) in [6.45, 7) is 1.60. The molecule has 0 fully saturated rings. The van der Waals surface area contributed by atoms with Crippen LogP contribution in [0, 0.1) is 0 Å². The first kappa shape index (κ1) is 6.43. The second kappa shape index (κ2) is 3.61. The van der Waals surface area contributed by atoms with Crippen LogP contribution in [-0.4, -0.2) is 24.5 Å². The van der Waals surface area contributed by atoms with Gasteiger partial charge in [-0.1, -0.05) is 5.16 Å². The van der Waals surface area contributed by atoms with Crippen molar-refractivity contribution in [1.82, 2.24) is 0 Å². The van der Waals surface area contributed by atoms with E-state index in [0.717, 1.165) is 0 Å². The SMILES string of the molecule is CO/N=C/C(C)O. The zero-order valence-corrected chi connectivity index (χ0v) is 4.46. The summed E-state index contributed by atoms with van der Waals surface area (Å²) in [7, 11) is 1.43. The van der Waals surface area contributed by atoms with Gasteiger partial charge in [0.1, 0.15) is 7.11 Å². The van der Waals surface area contributed by atoms with E-state index in [2.05, 4.69) is 9.99 Å². The van der Waals surface area contributed by atoms with Crippen LogP contribution in [0.15, 0.2) is 5.16 Å². The van der Waals surface area contributed by atoms with Crippen molar-refractivity contribution in [2.45, 2.75) is 13.0 Å². The van der Waals surface area contributed by atoms with E-state index in [0.29, 0.717) is 0 Å². The Labute approximate surface area is 42.6 Å². The molecule has 1 atom stereocenters. The lowest BCUT2D eigenvalue weighted by molar-refractivity contribution is 0.204. The van der Waals surface area contributed by atoms with Gasteiger partial charge in [0.2, 0.25) is 0 Å². The van der Waals surface area contributed by atoms with Gasteiger partial charge in [0.15, 0.2) is 0 Å². The van der Waals surface area contributed by atoms with Gasteiger partial charge in [-0.25, -0.2) is 0 Å². The van der Waals surface area contributed by atoms with Crippen LogP contribution in [0.5, 0.6) is 0 Å². The number of hydrogen-bond donors (Lipinski definition) is 1. The smallest absolute Gasteiger partial charge is 0.106 e. The molecule has 0 saturated carbocycles. The van der Waals surface area contributed by atoms with E-state index in [1.807, 2.05) is 0 Å². The Hall–Kier alpha value is -0.570. The van der Waals surface area contributed by atoms with Crippen molar-refractivity contribution in [3.8, 4) is 0 Å². The van der Waals surface area contributed by atoms with Crippen LogP contribution in [-0.2, 0) is 4.84 Å². The summed E-state index contributed by atoms with van der Waals surface area (Å²) in [6.07, 6.45) is 0.792. The van der Waals surface area contributed by atoms with E-state index < -0.39 is 6.10 Å². The van der Waals surface area contributed by atoms with Gasteiger partial charge in [-0.15, -0.1) is 0 Å². The molecule has 0 aliphatic carbocycles. The summed E-state index contributed by atoms with van der Waals surface area (Å²) in [6, 6.07) is 0. The van der Waals surface area contributed by atoms with Gasteiger partial charge in [-0.05, 0) is 6.92 Å². The molecule has 0 aromatic rings. The highest BCUT2D eigenvalue weighted by Crippen LogP contribution is 1.71. The third-order valence-corrected chi connectivity index (χ3v) is 0.382. The lowest BCUT2D eigenvalue weighted by Crippen LogP contribution is -1.99. The third-order valence-electron chi connectivity index (χ3n) is 0.382. The molecule has 0 spiro atoms. The van der Waals surface area contributed by atoms with Gasteiger partial charge < -0.3 is 9.94 Å². The largest absolute Gasteiger partial charge is 0.399 e. The highest BCUT2D eigenvalue weighted by Gasteiger charge is 1.82. The maximum atomic E-state index is 8.45. The Morgan fingerprint density at radius 2 is 2.43 bits per heavy atom. The fourth-order valence-corrected chi connectivity index (χ4v) is 0.149. The molecule has 0 aliphatic heterocycles. The zero-order valence-electron chi connectivity index (χ0n) is 4.46. The molecule has 7 heavy (non-hydrogen) atoms. The molecule has 3 nitrogen and oxygen atoms in total. The van der Waals surface area contributed by atoms with Crippen molar-refractivity contribution >= 4 is 6.21 Å². The summed E-state index contributed by atoms with van der Waals surface area (Å²) in [5.41, 5.74) is 0. The second-order valence-corrected chi connectivity index (χ2v) is 1.18. The first-order valence-corrected chi connectivity index (χ1v) is 2.02. The van der Waals surface area contributed by atoms with E-state index in [4.69, 9.17) is 5.11 Å². The van der Waals surface area contributed by atoms with Crippen molar-refractivity contribution in [1.29, 1.82) is 0 Å². The van der Waals surface area contributed by atoms with E-state index >= 15 is 0 Å². The van der Waals surface area contributed by atoms with Gasteiger partial charge >= 0.3 is 0 Å². The average molecular weight is 103 g/mol. The van der Waals surface area contributed by atoms with Crippen LogP contribution < -0.4 is 0 Å². The molecule has 1 N–H and O–H groups in total. The maximum Gasteiger partial charge on any atom is 0.106 e. The Morgan fingerprint density at radius 3 is 2.57 bits per heavy atom. The van der Waals surface area contributed by atoms with Gasteiger partial charge in [0.05, 0.1) is 12.3 Å². The minimum absolute atomic E-state index is 0.514. The second-order valence-electron chi connectivity index (χ2n) is 1.18. The molecule has 1 unspecified atom stereocenters. The number of rotatable bonds is 2. The Bertz CT molecular complexity index is 60.7. The van der Waals surface area contributed by atoms with Crippen LogP contribution in [0.4, 0.5) is 0 Å². The standard InChI is InChI=1S/C4H9NO2/c1-4(6)3-5-7-2/h3-4,6H,1-2H3/b5-3+. The monoisotopic (exact) mass is 103 g/mol. The Morgan fingerprint density at radius 1 is 1.86 bits per heavy atom. The van der Waals surface area contributed by atoms with Crippen LogP contribution >= 0.6 is 0 Å². The fourth-order valence-electron chi connectivity index (χ4n) is 0.149. The maximum absolute atomic E-state index is 8.45. The average Bonchev–Trinajstić information content (AvgIpc) is 1.61. The normalized spacial score (nSPS) is 14.7. The highest BCUT2D eigenvalue weighted by molar-refractivity contribution is 5.61. The summed E-state index contributed by atoms with van der Waals surface area (Å²) in [4.78, 5) is 4.26. The van der Waals surface area contributed by atoms with Gasteiger partial charge in [-0.2, -0.15) is 0 Å². The molecule has 0 heterocycles. The minimum Gasteiger partial charge on any atom is -0.399 e. The number of oxime groups is 1. The number of hydrogen-bond acceptors (Lipinski definition) is 3. The Kier molecular flexibility index (Phi) is 3.32. The quantitative estimate of drug-likeness (QED) is 0.395.